The molecule has 0 unspecified atom stereocenters. The smallest absolute Gasteiger partial charge is 0.264 e. The van der Waals surface area contributed by atoms with E-state index in [-0.39, 0.29) is 17.1 Å². The average Bonchev–Trinajstić information content (AvgIpc) is 2.86. The van der Waals surface area contributed by atoms with Crippen LogP contribution in [0.4, 0.5) is 10.1 Å². The number of halogens is 2. The maximum Gasteiger partial charge on any atom is 0.264 e. The fourth-order valence-electron chi connectivity index (χ4n) is 3.97. The predicted octanol–water partition coefficient (Wildman–Crippen LogP) is 5.31. The lowest BCUT2D eigenvalue weighted by molar-refractivity contribution is -0.140. The van der Waals surface area contributed by atoms with Gasteiger partial charge in [0.2, 0.25) is 11.8 Å². The summed E-state index contributed by atoms with van der Waals surface area (Å²) in [4.78, 5) is 28.3. The van der Waals surface area contributed by atoms with Gasteiger partial charge in [0.05, 0.1) is 10.6 Å². The van der Waals surface area contributed by atoms with Crippen molar-refractivity contribution in [3.8, 4) is 0 Å². The van der Waals surface area contributed by atoms with Crippen molar-refractivity contribution in [3.05, 3.63) is 94.8 Å². The fraction of sp³-hybridized carbons (Fsp3) is 0.310. The van der Waals surface area contributed by atoms with Crippen LogP contribution in [0.2, 0.25) is 5.02 Å². The maximum atomic E-state index is 13.9. The molecule has 1 atom stereocenters. The van der Waals surface area contributed by atoms with Gasteiger partial charge in [-0.05, 0) is 88.2 Å². The van der Waals surface area contributed by atoms with Crippen molar-refractivity contribution in [2.75, 3.05) is 10.8 Å². The second-order valence-corrected chi connectivity index (χ2v) is 12.6. The maximum absolute atomic E-state index is 13.9. The van der Waals surface area contributed by atoms with E-state index in [0.717, 1.165) is 4.31 Å². The van der Waals surface area contributed by atoms with Crippen LogP contribution < -0.4 is 9.62 Å². The Morgan fingerprint density at radius 1 is 1.00 bits per heavy atom. The second-order valence-electron chi connectivity index (χ2n) is 10.3. The topological polar surface area (TPSA) is 86.8 Å². The molecule has 1 N–H and O–H groups in total. The van der Waals surface area contributed by atoms with Crippen molar-refractivity contribution in [1.29, 1.82) is 0 Å². The van der Waals surface area contributed by atoms with Crippen LogP contribution in [0.5, 0.6) is 0 Å². The molecule has 10 heteroatoms. The summed E-state index contributed by atoms with van der Waals surface area (Å²) in [5.74, 6) is -1.45. The Morgan fingerprint density at radius 3 is 2.18 bits per heavy atom. The lowest BCUT2D eigenvalue weighted by atomic mass is 10.1. The van der Waals surface area contributed by atoms with Gasteiger partial charge in [-0.25, -0.2) is 12.8 Å². The minimum atomic E-state index is -4.18. The summed E-state index contributed by atoms with van der Waals surface area (Å²) < 4.78 is 42.2. The molecule has 0 fully saturated rings. The quantitative estimate of drug-likeness (QED) is 0.376. The van der Waals surface area contributed by atoms with E-state index in [1.54, 1.807) is 50.2 Å². The average molecular weight is 574 g/mol. The van der Waals surface area contributed by atoms with Gasteiger partial charge in [-0.15, -0.1) is 0 Å². The van der Waals surface area contributed by atoms with E-state index < -0.39 is 45.8 Å². The van der Waals surface area contributed by atoms with Crippen LogP contribution in [0.25, 0.3) is 0 Å². The van der Waals surface area contributed by atoms with Gasteiger partial charge >= 0.3 is 0 Å². The first-order valence-electron chi connectivity index (χ1n) is 12.4. The van der Waals surface area contributed by atoms with E-state index in [1.807, 2.05) is 20.8 Å². The molecule has 0 aliphatic carbocycles. The molecule has 0 aliphatic rings. The summed E-state index contributed by atoms with van der Waals surface area (Å²) in [7, 11) is -4.18. The van der Waals surface area contributed by atoms with Crippen molar-refractivity contribution in [1.82, 2.24) is 10.2 Å². The van der Waals surface area contributed by atoms with Gasteiger partial charge < -0.3 is 10.2 Å². The highest BCUT2D eigenvalue weighted by Gasteiger charge is 2.33. The predicted molar refractivity (Wildman–Crippen MR) is 151 cm³/mol. The van der Waals surface area contributed by atoms with Gasteiger partial charge in [0.15, 0.2) is 0 Å². The normalized spacial score (nSPS) is 12.5. The molecule has 0 radical (unpaired) electrons. The third kappa shape index (κ3) is 7.80. The number of carbonyl (C=O) groups excluding carboxylic acids is 2. The standard InChI is InChI=1S/C29H33ClFN3O4S/c1-20-17-23(30)13-16-26(20)34(39(37,38)25-9-7-6-8-10-25)19-27(35)33(18-22-11-14-24(31)15-12-22)21(2)28(36)32-29(3,4)5/h6-17,21H,18-19H2,1-5H3,(H,32,36)/t21-/m0/s1. The Kier molecular flexibility index (Phi) is 9.40. The molecule has 0 spiro atoms. The molecular formula is C29H33ClFN3O4S. The number of anilines is 1. The largest absolute Gasteiger partial charge is 0.350 e. The van der Waals surface area contributed by atoms with Crippen LogP contribution in [-0.2, 0) is 26.2 Å². The SMILES string of the molecule is Cc1cc(Cl)ccc1N(CC(=O)N(Cc1ccc(F)cc1)[C@@H](C)C(=O)NC(C)(C)C)S(=O)(=O)c1ccccc1. The van der Waals surface area contributed by atoms with Crippen molar-refractivity contribution in [3.63, 3.8) is 0 Å². The van der Waals surface area contributed by atoms with Crippen LogP contribution in [0.15, 0.2) is 77.7 Å². The van der Waals surface area contributed by atoms with Crippen LogP contribution in [-0.4, -0.2) is 43.3 Å². The summed E-state index contributed by atoms with van der Waals surface area (Å²) in [6.45, 7) is 8.13. The third-order valence-corrected chi connectivity index (χ3v) is 7.98. The van der Waals surface area contributed by atoms with Crippen molar-refractivity contribution >= 4 is 39.1 Å². The number of sulfonamides is 1. The third-order valence-electron chi connectivity index (χ3n) is 5.97. The molecule has 0 saturated carbocycles. The molecule has 0 aliphatic heterocycles. The van der Waals surface area contributed by atoms with Gasteiger partial charge in [0.1, 0.15) is 18.4 Å². The number of rotatable bonds is 9. The number of hydrogen-bond acceptors (Lipinski definition) is 4. The molecule has 0 heterocycles. The van der Waals surface area contributed by atoms with E-state index >= 15 is 0 Å². The molecule has 0 saturated heterocycles. The molecule has 208 valence electrons. The lowest BCUT2D eigenvalue weighted by Gasteiger charge is -2.33. The second kappa shape index (κ2) is 12.2. The Hall–Kier alpha value is -3.43. The van der Waals surface area contributed by atoms with Gasteiger partial charge in [0.25, 0.3) is 10.0 Å². The van der Waals surface area contributed by atoms with E-state index in [2.05, 4.69) is 5.32 Å². The molecule has 0 aromatic heterocycles. The molecule has 39 heavy (non-hydrogen) atoms. The van der Waals surface area contributed by atoms with Crippen molar-refractivity contribution < 1.29 is 22.4 Å². The molecule has 2 amide bonds. The zero-order chi connectivity index (χ0) is 29.0. The highest BCUT2D eigenvalue weighted by Crippen LogP contribution is 2.29. The number of nitrogens with zero attached hydrogens (tertiary/aromatic N) is 2. The van der Waals surface area contributed by atoms with Gasteiger partial charge in [0, 0.05) is 17.1 Å². The number of benzene rings is 3. The van der Waals surface area contributed by atoms with E-state index in [1.165, 1.54) is 41.3 Å². The Bertz CT molecular complexity index is 1430. The number of aryl methyl sites for hydroxylation is 1. The molecular weight excluding hydrogens is 541 g/mol. The number of carbonyl (C=O) groups is 2. The van der Waals surface area contributed by atoms with Crippen molar-refractivity contribution in [2.24, 2.45) is 0 Å². The monoisotopic (exact) mass is 573 g/mol. The Labute approximate surface area is 234 Å². The number of hydrogen-bond donors (Lipinski definition) is 1. The van der Waals surface area contributed by atoms with Gasteiger partial charge in [-0.2, -0.15) is 0 Å². The van der Waals surface area contributed by atoms with Crippen LogP contribution >= 0.6 is 11.6 Å². The van der Waals surface area contributed by atoms with Crippen LogP contribution in [0.3, 0.4) is 0 Å². The van der Waals surface area contributed by atoms with E-state index in [4.69, 9.17) is 11.6 Å². The summed E-state index contributed by atoms with van der Waals surface area (Å²) >= 11 is 6.13. The molecule has 3 aromatic rings. The summed E-state index contributed by atoms with van der Waals surface area (Å²) in [5.41, 5.74) is 0.864. The minimum absolute atomic E-state index is 0.00996. The summed E-state index contributed by atoms with van der Waals surface area (Å²) in [6.07, 6.45) is 0. The molecule has 3 rings (SSSR count). The first-order valence-corrected chi connectivity index (χ1v) is 14.2. The highest BCUT2D eigenvalue weighted by molar-refractivity contribution is 7.92. The van der Waals surface area contributed by atoms with Crippen molar-refractivity contribution in [2.45, 2.75) is 57.6 Å². The zero-order valence-corrected chi connectivity index (χ0v) is 24.2. The van der Waals surface area contributed by atoms with Gasteiger partial charge in [-0.1, -0.05) is 41.9 Å². The van der Waals surface area contributed by atoms with E-state index in [0.29, 0.717) is 16.1 Å². The zero-order valence-electron chi connectivity index (χ0n) is 22.6. The summed E-state index contributed by atoms with van der Waals surface area (Å²) in [6, 6.07) is 17.1. The molecule has 0 bridgehead atoms. The Morgan fingerprint density at radius 2 is 1.62 bits per heavy atom. The lowest BCUT2D eigenvalue weighted by Crippen LogP contribution is -2.54. The number of nitrogens with one attached hydrogen (secondary N) is 1. The molecule has 3 aromatic carbocycles. The minimum Gasteiger partial charge on any atom is -0.350 e. The van der Waals surface area contributed by atoms with Gasteiger partial charge in [-0.3, -0.25) is 13.9 Å². The fourth-order valence-corrected chi connectivity index (χ4v) is 5.70. The first-order chi connectivity index (χ1) is 18.2. The number of amides is 2. The first kappa shape index (κ1) is 30.1. The Balaban J connectivity index is 2.05. The van der Waals surface area contributed by atoms with Crippen LogP contribution in [0, 0.1) is 12.7 Å². The van der Waals surface area contributed by atoms with Crippen LogP contribution in [0.1, 0.15) is 38.8 Å². The van der Waals surface area contributed by atoms with E-state index in [9.17, 15) is 22.4 Å². The summed E-state index contributed by atoms with van der Waals surface area (Å²) in [5, 5.41) is 3.29. The highest BCUT2D eigenvalue weighted by atomic mass is 35.5. The molecule has 7 nitrogen and oxygen atoms in total.